The predicted molar refractivity (Wildman–Crippen MR) is 121 cm³/mol. The van der Waals surface area contributed by atoms with E-state index in [-0.39, 0.29) is 12.2 Å². The number of carbonyl (C=O) groups excluding carboxylic acids is 1. The molecular formula is C27H29NO2. The molecule has 1 N–H and O–H groups in total. The molecule has 1 aliphatic rings. The van der Waals surface area contributed by atoms with Gasteiger partial charge in [0.25, 0.3) is 0 Å². The van der Waals surface area contributed by atoms with E-state index in [0.29, 0.717) is 24.3 Å². The Labute approximate surface area is 179 Å². The fourth-order valence-corrected chi connectivity index (χ4v) is 4.39. The van der Waals surface area contributed by atoms with Gasteiger partial charge in [-0.3, -0.25) is 4.79 Å². The van der Waals surface area contributed by atoms with Crippen molar-refractivity contribution in [1.82, 2.24) is 4.90 Å². The Morgan fingerprint density at radius 2 is 1.27 bits per heavy atom. The van der Waals surface area contributed by atoms with Crippen molar-refractivity contribution >= 4 is 5.78 Å². The van der Waals surface area contributed by atoms with Gasteiger partial charge in [-0.1, -0.05) is 91.0 Å². The molecule has 0 bridgehead atoms. The van der Waals surface area contributed by atoms with Crippen molar-refractivity contribution in [2.45, 2.75) is 30.8 Å². The quantitative estimate of drug-likeness (QED) is 0.574. The number of hydrogen-bond donors (Lipinski definition) is 1. The first-order chi connectivity index (χ1) is 14.6. The highest BCUT2D eigenvalue weighted by molar-refractivity contribution is 5.96. The van der Waals surface area contributed by atoms with E-state index in [2.05, 4.69) is 65.6 Å². The molecule has 0 unspecified atom stereocenters. The molecule has 30 heavy (non-hydrogen) atoms. The minimum Gasteiger partial charge on any atom is -0.389 e. The monoisotopic (exact) mass is 399 g/mol. The summed E-state index contributed by atoms with van der Waals surface area (Å²) in [6, 6.07) is 30.5. The highest BCUT2D eigenvalue weighted by Crippen LogP contribution is 2.31. The summed E-state index contributed by atoms with van der Waals surface area (Å²) in [5.41, 5.74) is 2.40. The van der Waals surface area contributed by atoms with E-state index in [9.17, 15) is 9.90 Å². The molecule has 1 heterocycles. The van der Waals surface area contributed by atoms with Crippen LogP contribution in [0.3, 0.4) is 0 Å². The fraction of sp³-hybridized carbons (Fsp3) is 0.296. The number of ketones is 1. The topological polar surface area (TPSA) is 40.5 Å². The van der Waals surface area contributed by atoms with Crippen molar-refractivity contribution in [2.75, 3.05) is 19.6 Å². The number of Topliss-reactive ketones (excluding diaryl/α,β-unsaturated/α-hetero) is 1. The molecule has 1 saturated heterocycles. The predicted octanol–water partition coefficient (Wildman–Crippen LogP) is 4.92. The van der Waals surface area contributed by atoms with E-state index in [0.717, 1.165) is 19.6 Å². The van der Waals surface area contributed by atoms with Gasteiger partial charge < -0.3 is 10.0 Å². The summed E-state index contributed by atoms with van der Waals surface area (Å²) in [6.07, 6.45) is 1.45. The summed E-state index contributed by atoms with van der Waals surface area (Å²) in [5, 5.41) is 11.0. The maximum absolute atomic E-state index is 12.6. The summed E-state index contributed by atoms with van der Waals surface area (Å²) < 4.78 is 0. The molecule has 154 valence electrons. The SMILES string of the molecule is O=C(CC1(O)CCN(CC(c2ccccc2)c2ccccc2)CC1)c1ccccc1. The molecule has 0 saturated carbocycles. The Hall–Kier alpha value is -2.75. The number of likely N-dealkylation sites (tertiary alicyclic amines) is 1. The molecule has 0 spiro atoms. The molecule has 0 amide bonds. The molecular weight excluding hydrogens is 370 g/mol. The smallest absolute Gasteiger partial charge is 0.165 e. The van der Waals surface area contributed by atoms with Gasteiger partial charge in [0.15, 0.2) is 5.78 Å². The van der Waals surface area contributed by atoms with Crippen LogP contribution in [-0.2, 0) is 0 Å². The summed E-state index contributed by atoms with van der Waals surface area (Å²) in [7, 11) is 0. The summed E-state index contributed by atoms with van der Waals surface area (Å²) in [6.45, 7) is 2.51. The van der Waals surface area contributed by atoms with Gasteiger partial charge in [-0.05, 0) is 24.0 Å². The van der Waals surface area contributed by atoms with Gasteiger partial charge >= 0.3 is 0 Å². The van der Waals surface area contributed by atoms with Crippen LogP contribution in [0.25, 0.3) is 0 Å². The van der Waals surface area contributed by atoms with Crippen LogP contribution in [0, 0.1) is 0 Å². The molecule has 0 aromatic heterocycles. The highest BCUT2D eigenvalue weighted by Gasteiger charge is 2.35. The molecule has 4 rings (SSSR count). The third-order valence-electron chi connectivity index (χ3n) is 6.22. The Bertz CT molecular complexity index is 893. The second-order valence-electron chi connectivity index (χ2n) is 8.36. The highest BCUT2D eigenvalue weighted by atomic mass is 16.3. The molecule has 1 fully saturated rings. The first-order valence-corrected chi connectivity index (χ1v) is 10.8. The Morgan fingerprint density at radius 1 is 0.800 bits per heavy atom. The molecule has 3 heteroatoms. The fourth-order valence-electron chi connectivity index (χ4n) is 4.39. The van der Waals surface area contributed by atoms with Crippen molar-refractivity contribution in [3.63, 3.8) is 0 Å². The van der Waals surface area contributed by atoms with Crippen LogP contribution in [0.5, 0.6) is 0 Å². The van der Waals surface area contributed by atoms with Crippen molar-refractivity contribution in [2.24, 2.45) is 0 Å². The van der Waals surface area contributed by atoms with Gasteiger partial charge in [0, 0.05) is 37.5 Å². The van der Waals surface area contributed by atoms with Gasteiger partial charge in [-0.25, -0.2) is 0 Å². The number of rotatable bonds is 7. The molecule has 1 aliphatic heterocycles. The average molecular weight is 400 g/mol. The minimum atomic E-state index is -0.904. The average Bonchev–Trinajstić information content (AvgIpc) is 2.80. The van der Waals surface area contributed by atoms with Crippen LogP contribution >= 0.6 is 0 Å². The number of carbonyl (C=O) groups is 1. The van der Waals surface area contributed by atoms with E-state index in [1.807, 2.05) is 30.3 Å². The van der Waals surface area contributed by atoms with E-state index >= 15 is 0 Å². The van der Waals surface area contributed by atoms with Crippen LogP contribution in [-0.4, -0.2) is 41.0 Å². The van der Waals surface area contributed by atoms with Gasteiger partial charge in [-0.2, -0.15) is 0 Å². The lowest BCUT2D eigenvalue weighted by Crippen LogP contribution is -2.46. The van der Waals surface area contributed by atoms with Crippen LogP contribution in [0.1, 0.15) is 46.7 Å². The molecule has 3 nitrogen and oxygen atoms in total. The second-order valence-corrected chi connectivity index (χ2v) is 8.36. The largest absolute Gasteiger partial charge is 0.389 e. The van der Waals surface area contributed by atoms with E-state index < -0.39 is 5.60 Å². The number of piperidine rings is 1. The van der Waals surface area contributed by atoms with Gasteiger partial charge in [0.05, 0.1) is 5.60 Å². The van der Waals surface area contributed by atoms with Crippen molar-refractivity contribution in [3.8, 4) is 0 Å². The molecule has 0 aliphatic carbocycles. The van der Waals surface area contributed by atoms with Gasteiger partial charge in [0.1, 0.15) is 0 Å². The van der Waals surface area contributed by atoms with Gasteiger partial charge in [0.2, 0.25) is 0 Å². The maximum atomic E-state index is 12.6. The maximum Gasteiger partial charge on any atom is 0.165 e. The third-order valence-corrected chi connectivity index (χ3v) is 6.22. The Balaban J connectivity index is 1.41. The number of hydrogen-bond acceptors (Lipinski definition) is 3. The summed E-state index contributed by atoms with van der Waals surface area (Å²) >= 11 is 0. The lowest BCUT2D eigenvalue weighted by molar-refractivity contribution is -0.0228. The van der Waals surface area contributed by atoms with Crippen LogP contribution in [0.4, 0.5) is 0 Å². The van der Waals surface area contributed by atoms with E-state index in [1.165, 1.54) is 11.1 Å². The summed E-state index contributed by atoms with van der Waals surface area (Å²) in [5.74, 6) is 0.322. The minimum absolute atomic E-state index is 0.0259. The Kier molecular flexibility index (Phi) is 6.41. The van der Waals surface area contributed by atoms with Crippen LogP contribution in [0.2, 0.25) is 0 Å². The number of nitrogens with zero attached hydrogens (tertiary/aromatic N) is 1. The number of aliphatic hydroxyl groups is 1. The Morgan fingerprint density at radius 3 is 1.77 bits per heavy atom. The van der Waals surface area contributed by atoms with Crippen molar-refractivity contribution < 1.29 is 9.90 Å². The lowest BCUT2D eigenvalue weighted by Gasteiger charge is -2.39. The van der Waals surface area contributed by atoms with E-state index in [4.69, 9.17) is 0 Å². The first-order valence-electron chi connectivity index (χ1n) is 10.8. The van der Waals surface area contributed by atoms with Crippen LogP contribution < -0.4 is 0 Å². The molecule has 3 aromatic carbocycles. The van der Waals surface area contributed by atoms with Crippen molar-refractivity contribution in [1.29, 1.82) is 0 Å². The zero-order valence-electron chi connectivity index (χ0n) is 17.3. The molecule has 0 atom stereocenters. The summed E-state index contributed by atoms with van der Waals surface area (Å²) in [4.78, 5) is 15.0. The number of benzene rings is 3. The molecule has 0 radical (unpaired) electrons. The standard InChI is InChI=1S/C27H29NO2/c29-26(24-14-8-3-9-15-24)20-27(30)16-18-28(19-17-27)21-25(22-10-4-1-5-11-22)23-12-6-2-7-13-23/h1-15,25,30H,16-21H2. The zero-order valence-corrected chi connectivity index (χ0v) is 17.3. The molecule has 3 aromatic rings. The second kappa shape index (κ2) is 9.38. The van der Waals surface area contributed by atoms with Crippen LogP contribution in [0.15, 0.2) is 91.0 Å². The zero-order chi connectivity index (χ0) is 20.8. The van der Waals surface area contributed by atoms with E-state index in [1.54, 1.807) is 0 Å². The first kappa shape index (κ1) is 20.5. The van der Waals surface area contributed by atoms with Crippen molar-refractivity contribution in [3.05, 3.63) is 108 Å². The third kappa shape index (κ3) is 5.05. The lowest BCUT2D eigenvalue weighted by atomic mass is 9.84. The van der Waals surface area contributed by atoms with Gasteiger partial charge in [-0.15, -0.1) is 0 Å². The normalized spacial score (nSPS) is 16.5.